The van der Waals surface area contributed by atoms with Crippen LogP contribution in [0.2, 0.25) is 0 Å². The number of piperazine rings is 1. The second kappa shape index (κ2) is 4.86. The van der Waals surface area contributed by atoms with Crippen LogP contribution in [0.5, 0.6) is 0 Å². The fourth-order valence-corrected chi connectivity index (χ4v) is 2.26. The van der Waals surface area contributed by atoms with Crippen LogP contribution in [0.1, 0.15) is 5.56 Å². The third kappa shape index (κ3) is 2.37. The molecular formula is C12H14BrN3. The Labute approximate surface area is 104 Å². The average Bonchev–Trinajstić information content (AvgIpc) is 2.30. The van der Waals surface area contributed by atoms with Gasteiger partial charge in [0.1, 0.15) is 6.07 Å². The summed E-state index contributed by atoms with van der Waals surface area (Å²) in [6, 6.07) is 8.07. The SMILES string of the molecule is CN1CCN(c2cc(Br)ccc2C#N)CC1. The maximum atomic E-state index is 9.09. The highest BCUT2D eigenvalue weighted by atomic mass is 79.9. The summed E-state index contributed by atoms with van der Waals surface area (Å²) >= 11 is 3.46. The van der Waals surface area contributed by atoms with Crippen molar-refractivity contribution in [1.29, 1.82) is 5.26 Å². The molecule has 3 nitrogen and oxygen atoms in total. The van der Waals surface area contributed by atoms with Crippen molar-refractivity contribution in [1.82, 2.24) is 4.90 Å². The highest BCUT2D eigenvalue weighted by Crippen LogP contribution is 2.25. The van der Waals surface area contributed by atoms with E-state index in [-0.39, 0.29) is 0 Å². The molecule has 0 atom stereocenters. The van der Waals surface area contributed by atoms with E-state index in [2.05, 4.69) is 38.8 Å². The Balaban J connectivity index is 2.26. The Morgan fingerprint density at radius 1 is 1.25 bits per heavy atom. The number of benzene rings is 1. The van der Waals surface area contributed by atoms with Gasteiger partial charge in [0.2, 0.25) is 0 Å². The summed E-state index contributed by atoms with van der Waals surface area (Å²) in [5, 5.41) is 9.09. The molecule has 0 N–H and O–H groups in total. The van der Waals surface area contributed by atoms with E-state index in [4.69, 9.17) is 5.26 Å². The zero-order valence-corrected chi connectivity index (χ0v) is 10.9. The van der Waals surface area contributed by atoms with Crippen molar-refractivity contribution in [2.45, 2.75) is 0 Å². The quantitative estimate of drug-likeness (QED) is 0.789. The number of halogens is 1. The third-order valence-electron chi connectivity index (χ3n) is 2.92. The summed E-state index contributed by atoms with van der Waals surface area (Å²) in [5.74, 6) is 0. The van der Waals surface area contributed by atoms with Crippen LogP contribution < -0.4 is 4.90 Å². The topological polar surface area (TPSA) is 30.3 Å². The van der Waals surface area contributed by atoms with Gasteiger partial charge in [0.15, 0.2) is 0 Å². The molecule has 84 valence electrons. The Bertz CT molecular complexity index is 417. The zero-order valence-electron chi connectivity index (χ0n) is 9.28. The van der Waals surface area contributed by atoms with E-state index in [9.17, 15) is 0 Å². The van der Waals surface area contributed by atoms with Crippen LogP contribution in [0.15, 0.2) is 22.7 Å². The van der Waals surface area contributed by atoms with Gasteiger partial charge in [-0.1, -0.05) is 15.9 Å². The molecule has 1 aliphatic heterocycles. The molecule has 0 amide bonds. The first-order valence-corrected chi connectivity index (χ1v) is 6.13. The normalized spacial score (nSPS) is 17.2. The van der Waals surface area contributed by atoms with Crippen molar-refractivity contribution >= 4 is 21.6 Å². The van der Waals surface area contributed by atoms with E-state index in [0.29, 0.717) is 0 Å². The molecule has 0 aromatic heterocycles. The summed E-state index contributed by atoms with van der Waals surface area (Å²) in [6.45, 7) is 4.08. The molecule has 1 saturated heterocycles. The molecule has 1 aliphatic rings. The van der Waals surface area contributed by atoms with E-state index >= 15 is 0 Å². The summed E-state index contributed by atoms with van der Waals surface area (Å²) in [5.41, 5.74) is 1.80. The van der Waals surface area contributed by atoms with E-state index in [1.54, 1.807) is 0 Å². The van der Waals surface area contributed by atoms with E-state index in [1.165, 1.54) is 0 Å². The maximum absolute atomic E-state index is 9.09. The number of hydrogen-bond acceptors (Lipinski definition) is 3. The maximum Gasteiger partial charge on any atom is 0.101 e. The van der Waals surface area contributed by atoms with Gasteiger partial charge in [-0.25, -0.2) is 0 Å². The summed E-state index contributed by atoms with van der Waals surface area (Å²) in [6.07, 6.45) is 0. The Hall–Kier alpha value is -1.05. The lowest BCUT2D eigenvalue weighted by molar-refractivity contribution is 0.313. The number of nitrogens with zero attached hydrogens (tertiary/aromatic N) is 3. The van der Waals surface area contributed by atoms with Gasteiger partial charge in [0.05, 0.1) is 11.3 Å². The molecule has 0 unspecified atom stereocenters. The first-order chi connectivity index (χ1) is 7.70. The highest BCUT2D eigenvalue weighted by molar-refractivity contribution is 9.10. The number of likely N-dealkylation sites (N-methyl/N-ethyl adjacent to an activating group) is 1. The standard InChI is InChI=1S/C12H14BrN3/c1-15-4-6-16(7-5-15)12-8-11(13)3-2-10(12)9-14/h2-3,8H,4-7H2,1H3. The number of nitriles is 1. The van der Waals surface area contributed by atoms with Gasteiger partial charge in [-0.2, -0.15) is 5.26 Å². The number of rotatable bonds is 1. The summed E-state index contributed by atoms with van der Waals surface area (Å²) in [4.78, 5) is 4.59. The predicted molar refractivity (Wildman–Crippen MR) is 68.6 cm³/mol. The van der Waals surface area contributed by atoms with Gasteiger partial charge in [0, 0.05) is 30.7 Å². The van der Waals surface area contributed by atoms with E-state index < -0.39 is 0 Å². The highest BCUT2D eigenvalue weighted by Gasteiger charge is 2.17. The lowest BCUT2D eigenvalue weighted by Crippen LogP contribution is -2.44. The van der Waals surface area contributed by atoms with E-state index in [1.807, 2.05) is 18.2 Å². The Kier molecular flexibility index (Phi) is 3.47. The molecule has 0 radical (unpaired) electrons. The second-order valence-corrected chi connectivity index (χ2v) is 4.98. The van der Waals surface area contributed by atoms with Crippen LogP contribution in [0.3, 0.4) is 0 Å². The molecule has 0 spiro atoms. The molecule has 1 aromatic carbocycles. The molecule has 16 heavy (non-hydrogen) atoms. The second-order valence-electron chi connectivity index (χ2n) is 4.06. The minimum Gasteiger partial charge on any atom is -0.368 e. The van der Waals surface area contributed by atoms with Gasteiger partial charge >= 0.3 is 0 Å². The van der Waals surface area contributed by atoms with Gasteiger partial charge in [0.25, 0.3) is 0 Å². The number of anilines is 1. The summed E-state index contributed by atoms with van der Waals surface area (Å²) < 4.78 is 1.03. The van der Waals surface area contributed by atoms with Crippen molar-refractivity contribution in [3.8, 4) is 6.07 Å². The molecule has 4 heteroatoms. The minimum atomic E-state index is 0.757. The van der Waals surface area contributed by atoms with Crippen LogP contribution >= 0.6 is 15.9 Å². The molecular weight excluding hydrogens is 266 g/mol. The van der Waals surface area contributed by atoms with Crippen molar-refractivity contribution in [3.63, 3.8) is 0 Å². The smallest absolute Gasteiger partial charge is 0.101 e. The molecule has 1 fully saturated rings. The largest absolute Gasteiger partial charge is 0.368 e. The van der Waals surface area contributed by atoms with Crippen LogP contribution in [-0.2, 0) is 0 Å². The third-order valence-corrected chi connectivity index (χ3v) is 3.42. The van der Waals surface area contributed by atoms with Crippen molar-refractivity contribution in [2.75, 3.05) is 38.1 Å². The van der Waals surface area contributed by atoms with Gasteiger partial charge in [-0.3, -0.25) is 0 Å². The molecule has 0 saturated carbocycles. The molecule has 1 heterocycles. The molecule has 2 rings (SSSR count). The fraction of sp³-hybridized carbons (Fsp3) is 0.417. The fourth-order valence-electron chi connectivity index (χ4n) is 1.91. The first kappa shape index (κ1) is 11.4. The Morgan fingerprint density at radius 3 is 2.56 bits per heavy atom. The van der Waals surface area contributed by atoms with Crippen molar-refractivity contribution in [3.05, 3.63) is 28.2 Å². The van der Waals surface area contributed by atoms with Crippen LogP contribution in [0, 0.1) is 11.3 Å². The van der Waals surface area contributed by atoms with Gasteiger partial charge < -0.3 is 9.80 Å². The monoisotopic (exact) mass is 279 g/mol. The van der Waals surface area contributed by atoms with E-state index in [0.717, 1.165) is 41.9 Å². The molecule has 0 aliphatic carbocycles. The van der Waals surface area contributed by atoms with Crippen LogP contribution in [-0.4, -0.2) is 38.1 Å². The van der Waals surface area contributed by atoms with Crippen molar-refractivity contribution in [2.24, 2.45) is 0 Å². The number of hydrogen-bond donors (Lipinski definition) is 0. The van der Waals surface area contributed by atoms with Crippen LogP contribution in [0.25, 0.3) is 0 Å². The lowest BCUT2D eigenvalue weighted by Gasteiger charge is -2.34. The van der Waals surface area contributed by atoms with Crippen molar-refractivity contribution < 1.29 is 0 Å². The molecule has 1 aromatic rings. The zero-order chi connectivity index (χ0) is 11.5. The van der Waals surface area contributed by atoms with Gasteiger partial charge in [-0.05, 0) is 25.2 Å². The van der Waals surface area contributed by atoms with Gasteiger partial charge in [-0.15, -0.1) is 0 Å². The first-order valence-electron chi connectivity index (χ1n) is 5.34. The van der Waals surface area contributed by atoms with Crippen LogP contribution in [0.4, 0.5) is 5.69 Å². The molecule has 0 bridgehead atoms. The lowest BCUT2D eigenvalue weighted by atomic mass is 10.1. The predicted octanol–water partition coefficient (Wildman–Crippen LogP) is 2.07. The minimum absolute atomic E-state index is 0.757. The summed E-state index contributed by atoms with van der Waals surface area (Å²) in [7, 11) is 2.13. The average molecular weight is 280 g/mol. The Morgan fingerprint density at radius 2 is 1.94 bits per heavy atom.